The third kappa shape index (κ3) is 8.20. The standard InChI is InChI=1S/C35H32F3N3O6/c1-22(2)31(32(44)35(36,37)38)39-30(43)20-40-27(25-14-8-5-9-15-25)18-19-29(33(40)45)41(23(3)42)28-17-11-10-16-26(28)34(46)47-21-24-12-6-4-7-13-24/h4-19,22,31H,20-21H2,1-3H3,(H,39,43). The summed E-state index contributed by atoms with van der Waals surface area (Å²) in [5.41, 5.74) is 0.379. The van der Waals surface area contributed by atoms with Gasteiger partial charge in [0, 0.05) is 6.92 Å². The number of benzene rings is 3. The number of nitrogens with zero attached hydrogens (tertiary/aromatic N) is 2. The molecule has 1 atom stereocenters. The minimum atomic E-state index is -5.19. The van der Waals surface area contributed by atoms with Crippen LogP contribution in [-0.4, -0.2) is 40.4 Å². The summed E-state index contributed by atoms with van der Waals surface area (Å²) >= 11 is 0. The van der Waals surface area contributed by atoms with E-state index in [9.17, 15) is 37.1 Å². The van der Waals surface area contributed by atoms with Crippen LogP contribution in [0.1, 0.15) is 36.7 Å². The number of pyridine rings is 1. The highest BCUT2D eigenvalue weighted by molar-refractivity contribution is 6.06. The lowest BCUT2D eigenvalue weighted by atomic mass is 9.99. The molecule has 0 aliphatic heterocycles. The van der Waals surface area contributed by atoms with Crippen LogP contribution < -0.4 is 15.8 Å². The van der Waals surface area contributed by atoms with E-state index in [-0.39, 0.29) is 29.2 Å². The van der Waals surface area contributed by atoms with E-state index in [0.717, 1.165) is 15.0 Å². The van der Waals surface area contributed by atoms with Crippen molar-refractivity contribution in [1.29, 1.82) is 0 Å². The number of anilines is 2. The van der Waals surface area contributed by atoms with Crippen molar-refractivity contribution in [3.05, 3.63) is 119 Å². The lowest BCUT2D eigenvalue weighted by Crippen LogP contribution is -2.51. The molecule has 1 heterocycles. The van der Waals surface area contributed by atoms with E-state index in [0.29, 0.717) is 5.56 Å². The van der Waals surface area contributed by atoms with Crippen LogP contribution >= 0.6 is 0 Å². The van der Waals surface area contributed by atoms with Gasteiger partial charge in [-0.3, -0.25) is 28.6 Å². The number of Topliss-reactive ketones (excluding diaryl/α,β-unsaturated/α-hetero) is 1. The fourth-order valence-corrected chi connectivity index (χ4v) is 4.94. The maximum Gasteiger partial charge on any atom is 0.452 e. The lowest BCUT2D eigenvalue weighted by Gasteiger charge is -2.25. The molecule has 1 N–H and O–H groups in total. The molecule has 4 aromatic rings. The van der Waals surface area contributed by atoms with Crippen LogP contribution in [-0.2, 0) is 32.3 Å². The zero-order chi connectivity index (χ0) is 34.3. The maximum atomic E-state index is 14.1. The highest BCUT2D eigenvalue weighted by Gasteiger charge is 2.45. The Morgan fingerprint density at radius 1 is 0.830 bits per heavy atom. The minimum Gasteiger partial charge on any atom is -0.457 e. The van der Waals surface area contributed by atoms with E-state index in [1.807, 2.05) is 6.07 Å². The van der Waals surface area contributed by atoms with Gasteiger partial charge >= 0.3 is 12.1 Å². The Kier molecular flexibility index (Phi) is 10.8. The monoisotopic (exact) mass is 647 g/mol. The molecule has 4 rings (SSSR count). The van der Waals surface area contributed by atoms with Crippen molar-refractivity contribution in [3.8, 4) is 11.3 Å². The third-order valence-electron chi connectivity index (χ3n) is 7.20. The number of ketones is 1. The van der Waals surface area contributed by atoms with Gasteiger partial charge in [0.1, 0.15) is 18.8 Å². The molecular weight excluding hydrogens is 615 g/mol. The Bertz CT molecular complexity index is 1820. The second-order valence-electron chi connectivity index (χ2n) is 10.9. The number of alkyl halides is 3. The number of hydrogen-bond acceptors (Lipinski definition) is 6. The molecule has 1 aromatic heterocycles. The zero-order valence-corrected chi connectivity index (χ0v) is 25.8. The summed E-state index contributed by atoms with van der Waals surface area (Å²) in [6.07, 6.45) is -5.19. The van der Waals surface area contributed by atoms with E-state index in [4.69, 9.17) is 4.74 Å². The first kappa shape index (κ1) is 34.4. The second-order valence-corrected chi connectivity index (χ2v) is 10.9. The van der Waals surface area contributed by atoms with Crippen molar-refractivity contribution in [2.75, 3.05) is 4.90 Å². The van der Waals surface area contributed by atoms with Crippen LogP contribution in [0.5, 0.6) is 0 Å². The van der Waals surface area contributed by atoms with Gasteiger partial charge in [-0.25, -0.2) is 4.79 Å². The van der Waals surface area contributed by atoms with Crippen LogP contribution in [0, 0.1) is 5.92 Å². The first-order valence-corrected chi connectivity index (χ1v) is 14.6. The van der Waals surface area contributed by atoms with Gasteiger partial charge in [0.05, 0.1) is 23.0 Å². The molecule has 0 saturated carbocycles. The van der Waals surface area contributed by atoms with E-state index in [2.05, 4.69) is 5.32 Å². The number of aromatic nitrogens is 1. The van der Waals surface area contributed by atoms with E-state index < -0.39 is 53.8 Å². The summed E-state index contributed by atoms with van der Waals surface area (Å²) < 4.78 is 46.3. The molecular formula is C35H32F3N3O6. The molecule has 0 saturated heterocycles. The Morgan fingerprint density at radius 3 is 2.02 bits per heavy atom. The first-order valence-electron chi connectivity index (χ1n) is 14.6. The molecule has 12 heteroatoms. The molecule has 0 aliphatic carbocycles. The average Bonchev–Trinajstić information content (AvgIpc) is 3.04. The summed E-state index contributed by atoms with van der Waals surface area (Å²) in [5.74, 6) is -5.47. The molecule has 9 nitrogen and oxygen atoms in total. The maximum absolute atomic E-state index is 14.1. The molecule has 0 spiro atoms. The molecule has 244 valence electrons. The number of nitrogens with one attached hydrogen (secondary N) is 1. The molecule has 47 heavy (non-hydrogen) atoms. The SMILES string of the molecule is CC(=O)N(c1ccccc1C(=O)OCc1ccccc1)c1ccc(-c2ccccc2)n(CC(=O)NC(C(=O)C(F)(F)F)C(C)C)c1=O. The molecule has 1 unspecified atom stereocenters. The molecule has 0 aliphatic rings. The highest BCUT2D eigenvalue weighted by atomic mass is 19.4. The predicted molar refractivity (Wildman–Crippen MR) is 169 cm³/mol. The number of hydrogen-bond donors (Lipinski definition) is 1. The third-order valence-corrected chi connectivity index (χ3v) is 7.20. The first-order chi connectivity index (χ1) is 22.3. The van der Waals surface area contributed by atoms with Crippen molar-refractivity contribution < 1.29 is 37.1 Å². The normalized spacial score (nSPS) is 11.9. The fourth-order valence-electron chi connectivity index (χ4n) is 4.94. The van der Waals surface area contributed by atoms with Gasteiger partial charge in [0.2, 0.25) is 11.8 Å². The molecule has 0 fully saturated rings. The topological polar surface area (TPSA) is 115 Å². The number of rotatable bonds is 11. The summed E-state index contributed by atoms with van der Waals surface area (Å²) in [5, 5.41) is 2.12. The van der Waals surface area contributed by atoms with Gasteiger partial charge in [-0.2, -0.15) is 13.2 Å². The highest BCUT2D eigenvalue weighted by Crippen LogP contribution is 2.30. The molecule has 3 aromatic carbocycles. The summed E-state index contributed by atoms with van der Waals surface area (Å²) in [7, 11) is 0. The fraction of sp³-hybridized carbons (Fsp3) is 0.229. The van der Waals surface area contributed by atoms with Gasteiger partial charge < -0.3 is 10.1 Å². The molecule has 0 bridgehead atoms. The number of carbonyl (C=O) groups is 4. The number of amides is 2. The number of halogens is 3. The Morgan fingerprint density at radius 2 is 1.43 bits per heavy atom. The Labute approximate surface area is 268 Å². The average molecular weight is 648 g/mol. The van der Waals surface area contributed by atoms with Gasteiger partial charge in [0.15, 0.2) is 0 Å². The van der Waals surface area contributed by atoms with Crippen molar-refractivity contribution >= 4 is 34.9 Å². The van der Waals surface area contributed by atoms with Gasteiger partial charge in [-0.1, -0.05) is 86.6 Å². The van der Waals surface area contributed by atoms with E-state index in [1.165, 1.54) is 45.0 Å². The number of para-hydroxylation sites is 1. The van der Waals surface area contributed by atoms with E-state index >= 15 is 0 Å². The number of esters is 1. The summed E-state index contributed by atoms with van der Waals surface area (Å²) in [6, 6.07) is 24.3. The van der Waals surface area contributed by atoms with Crippen molar-refractivity contribution in [2.45, 2.75) is 46.1 Å². The summed E-state index contributed by atoms with van der Waals surface area (Å²) in [6.45, 7) is 3.06. The second kappa shape index (κ2) is 14.7. The van der Waals surface area contributed by atoms with Gasteiger partial charge in [0.25, 0.3) is 11.3 Å². The molecule has 2 amide bonds. The van der Waals surface area contributed by atoms with Crippen LogP contribution in [0.2, 0.25) is 0 Å². The Balaban J connectivity index is 1.77. The van der Waals surface area contributed by atoms with Gasteiger partial charge in [-0.05, 0) is 41.3 Å². The van der Waals surface area contributed by atoms with Crippen LogP contribution in [0.3, 0.4) is 0 Å². The smallest absolute Gasteiger partial charge is 0.452 e. The lowest BCUT2D eigenvalue weighted by molar-refractivity contribution is -0.174. The molecule has 0 radical (unpaired) electrons. The van der Waals surface area contributed by atoms with Crippen LogP contribution in [0.25, 0.3) is 11.3 Å². The predicted octanol–water partition coefficient (Wildman–Crippen LogP) is 5.83. The van der Waals surface area contributed by atoms with E-state index in [1.54, 1.807) is 66.7 Å². The van der Waals surface area contributed by atoms with Crippen molar-refractivity contribution in [3.63, 3.8) is 0 Å². The number of ether oxygens (including phenoxy) is 1. The Hall–Kier alpha value is -5.52. The van der Waals surface area contributed by atoms with Crippen LogP contribution in [0.15, 0.2) is 102 Å². The van der Waals surface area contributed by atoms with Gasteiger partial charge in [-0.15, -0.1) is 0 Å². The largest absolute Gasteiger partial charge is 0.457 e. The van der Waals surface area contributed by atoms with Crippen molar-refractivity contribution in [1.82, 2.24) is 9.88 Å². The quantitative estimate of drug-likeness (QED) is 0.205. The minimum absolute atomic E-state index is 0.0140. The number of carbonyl (C=O) groups excluding carboxylic acids is 4. The summed E-state index contributed by atoms with van der Waals surface area (Å²) in [4.78, 5) is 66.7. The van der Waals surface area contributed by atoms with Crippen molar-refractivity contribution in [2.24, 2.45) is 5.92 Å². The van der Waals surface area contributed by atoms with Crippen LogP contribution in [0.4, 0.5) is 24.5 Å². The zero-order valence-electron chi connectivity index (χ0n) is 25.8.